The van der Waals surface area contributed by atoms with Gasteiger partial charge in [-0.3, -0.25) is 4.57 Å². The molecule has 0 radical (unpaired) electrons. The van der Waals surface area contributed by atoms with Gasteiger partial charge >= 0.3 is 0 Å². The molecule has 1 aliphatic heterocycles. The Morgan fingerprint density at radius 3 is 2.76 bits per heavy atom. The van der Waals surface area contributed by atoms with Gasteiger partial charge in [0.1, 0.15) is 23.8 Å². The molecule has 21 heavy (non-hydrogen) atoms. The number of ether oxygens (including phenoxy) is 1. The van der Waals surface area contributed by atoms with E-state index in [2.05, 4.69) is 15.0 Å². The molecule has 0 spiro atoms. The predicted molar refractivity (Wildman–Crippen MR) is 74.5 cm³/mol. The van der Waals surface area contributed by atoms with E-state index in [1.807, 2.05) is 6.26 Å². The van der Waals surface area contributed by atoms with Gasteiger partial charge in [-0.15, -0.1) is 0 Å². The van der Waals surface area contributed by atoms with Crippen molar-refractivity contribution in [2.24, 2.45) is 0 Å². The van der Waals surface area contributed by atoms with Crippen LogP contribution in [0.15, 0.2) is 11.5 Å². The number of aliphatic hydroxyl groups is 3. The van der Waals surface area contributed by atoms with Crippen LogP contribution in [0.4, 0.5) is 5.82 Å². The van der Waals surface area contributed by atoms with Crippen LogP contribution in [0, 0.1) is 0 Å². The van der Waals surface area contributed by atoms with Crippen LogP contribution in [0.2, 0.25) is 0 Å². The number of nitrogen functional groups attached to an aromatic ring is 1. The second kappa shape index (κ2) is 5.39. The molecular formula is C11H15N5O4S. The van der Waals surface area contributed by atoms with Crippen LogP contribution in [0.5, 0.6) is 0 Å². The van der Waals surface area contributed by atoms with Crippen molar-refractivity contribution in [1.29, 1.82) is 0 Å². The number of rotatable bonds is 3. The zero-order chi connectivity index (χ0) is 15.1. The Labute approximate surface area is 123 Å². The minimum atomic E-state index is -1.20. The number of hydrogen-bond donors (Lipinski definition) is 4. The monoisotopic (exact) mass is 313 g/mol. The quantitative estimate of drug-likeness (QED) is 0.404. The van der Waals surface area contributed by atoms with Crippen molar-refractivity contribution in [3.63, 3.8) is 0 Å². The second-order valence-electron chi connectivity index (χ2n) is 4.65. The van der Waals surface area contributed by atoms with Crippen molar-refractivity contribution >= 4 is 28.7 Å². The molecule has 10 heteroatoms. The third-order valence-electron chi connectivity index (χ3n) is 3.40. The molecule has 4 atom stereocenters. The summed E-state index contributed by atoms with van der Waals surface area (Å²) in [6.07, 6.45) is -0.911. The average Bonchev–Trinajstić information content (AvgIpc) is 3.02. The lowest BCUT2D eigenvalue weighted by molar-refractivity contribution is -0.0511. The average molecular weight is 313 g/mol. The van der Waals surface area contributed by atoms with E-state index in [1.165, 1.54) is 22.7 Å². The van der Waals surface area contributed by atoms with Gasteiger partial charge in [-0.05, 0) is 6.26 Å². The van der Waals surface area contributed by atoms with Gasteiger partial charge in [-0.1, -0.05) is 11.8 Å². The van der Waals surface area contributed by atoms with Crippen LogP contribution in [0.3, 0.4) is 0 Å². The first-order valence-electron chi connectivity index (χ1n) is 6.23. The van der Waals surface area contributed by atoms with Crippen LogP contribution in [-0.4, -0.2) is 66.0 Å². The molecule has 3 heterocycles. The summed E-state index contributed by atoms with van der Waals surface area (Å²) in [5.41, 5.74) is 6.63. The minimum Gasteiger partial charge on any atom is -0.394 e. The van der Waals surface area contributed by atoms with Gasteiger partial charge in [-0.2, -0.15) is 0 Å². The van der Waals surface area contributed by atoms with E-state index in [-0.39, 0.29) is 5.82 Å². The molecule has 114 valence electrons. The highest BCUT2D eigenvalue weighted by molar-refractivity contribution is 7.98. The third-order valence-corrected chi connectivity index (χ3v) is 3.95. The second-order valence-corrected chi connectivity index (χ2v) is 5.42. The number of nitrogens with zero attached hydrogens (tertiary/aromatic N) is 4. The van der Waals surface area contributed by atoms with Crippen molar-refractivity contribution in [2.45, 2.75) is 29.7 Å². The lowest BCUT2D eigenvalue weighted by atomic mass is 10.1. The number of thioether (sulfide) groups is 1. The van der Waals surface area contributed by atoms with Gasteiger partial charge in [-0.25, -0.2) is 15.0 Å². The summed E-state index contributed by atoms with van der Waals surface area (Å²) in [7, 11) is 0. The highest BCUT2D eigenvalue weighted by Crippen LogP contribution is 2.32. The summed E-state index contributed by atoms with van der Waals surface area (Å²) in [5, 5.41) is 29.5. The van der Waals surface area contributed by atoms with Gasteiger partial charge in [0.2, 0.25) is 0 Å². The Morgan fingerprint density at radius 1 is 1.38 bits per heavy atom. The first-order chi connectivity index (χ1) is 10.1. The Bertz CT molecular complexity index is 665. The smallest absolute Gasteiger partial charge is 0.191 e. The lowest BCUT2D eigenvalue weighted by Crippen LogP contribution is -2.33. The van der Waals surface area contributed by atoms with Crippen LogP contribution >= 0.6 is 11.8 Å². The Balaban J connectivity index is 2.07. The van der Waals surface area contributed by atoms with Gasteiger partial charge in [0.05, 0.1) is 12.9 Å². The van der Waals surface area contributed by atoms with Crippen molar-refractivity contribution in [1.82, 2.24) is 19.5 Å². The molecule has 1 unspecified atom stereocenters. The van der Waals surface area contributed by atoms with E-state index in [0.717, 1.165) is 0 Å². The van der Waals surface area contributed by atoms with E-state index in [4.69, 9.17) is 15.6 Å². The van der Waals surface area contributed by atoms with E-state index >= 15 is 0 Å². The highest BCUT2D eigenvalue weighted by atomic mass is 32.2. The molecule has 0 amide bonds. The Morgan fingerprint density at radius 2 is 2.14 bits per heavy atom. The largest absolute Gasteiger partial charge is 0.394 e. The summed E-state index contributed by atoms with van der Waals surface area (Å²) >= 11 is 1.32. The number of nitrogens with two attached hydrogens (primary N) is 1. The summed E-state index contributed by atoms with van der Waals surface area (Å²) in [6, 6.07) is 0. The maximum atomic E-state index is 10.1. The molecule has 2 aromatic rings. The molecule has 0 aromatic carbocycles. The Kier molecular flexibility index (Phi) is 3.71. The molecule has 5 N–H and O–H groups in total. The van der Waals surface area contributed by atoms with E-state index in [9.17, 15) is 10.2 Å². The summed E-state index contributed by atoms with van der Waals surface area (Å²) in [5.74, 6) is 0.231. The highest BCUT2D eigenvalue weighted by Gasteiger charge is 2.44. The molecular weight excluding hydrogens is 298 g/mol. The Hall–Kier alpha value is -1.46. The molecule has 2 aromatic heterocycles. The summed E-state index contributed by atoms with van der Waals surface area (Å²) < 4.78 is 6.95. The molecule has 0 saturated carbocycles. The number of anilines is 1. The van der Waals surface area contributed by atoms with Gasteiger partial charge in [0, 0.05) is 0 Å². The van der Waals surface area contributed by atoms with Gasteiger partial charge < -0.3 is 25.8 Å². The maximum Gasteiger partial charge on any atom is 0.191 e. The first kappa shape index (κ1) is 14.5. The molecule has 1 fully saturated rings. The van der Waals surface area contributed by atoms with Gasteiger partial charge in [0.25, 0.3) is 0 Å². The van der Waals surface area contributed by atoms with Crippen molar-refractivity contribution < 1.29 is 20.1 Å². The summed E-state index contributed by atoms with van der Waals surface area (Å²) in [6.45, 7) is -0.394. The fourth-order valence-corrected chi connectivity index (χ4v) is 2.67. The molecule has 1 aliphatic rings. The van der Waals surface area contributed by atoms with Crippen LogP contribution in [0.25, 0.3) is 11.2 Å². The predicted octanol–water partition coefficient (Wildman–Crippen LogP) is -1.26. The number of aromatic nitrogens is 4. The van der Waals surface area contributed by atoms with Crippen molar-refractivity contribution in [3.8, 4) is 0 Å². The number of hydrogen-bond acceptors (Lipinski definition) is 9. The standard InChI is InChI=1S/C11H15N5O4S/c1-21-11-14-8(12)5-9(15-11)16(3-13-5)10-7(19)6(18)4(2-17)20-10/h3-4,6-7,10,17-19H,2H2,1H3,(H2,12,14,15)/t4-,6+,7?,10-/m1/s1. The number of imidazole rings is 1. The molecule has 9 nitrogen and oxygen atoms in total. The van der Waals surface area contributed by atoms with E-state index < -0.39 is 31.1 Å². The molecule has 3 rings (SSSR count). The topological polar surface area (TPSA) is 140 Å². The third kappa shape index (κ3) is 2.24. The van der Waals surface area contributed by atoms with E-state index in [0.29, 0.717) is 16.3 Å². The molecule has 0 aliphatic carbocycles. The molecule has 0 bridgehead atoms. The first-order valence-corrected chi connectivity index (χ1v) is 7.45. The van der Waals surface area contributed by atoms with Crippen LogP contribution < -0.4 is 5.73 Å². The fourth-order valence-electron chi connectivity index (χ4n) is 2.30. The van der Waals surface area contributed by atoms with Crippen molar-refractivity contribution in [3.05, 3.63) is 6.33 Å². The minimum absolute atomic E-state index is 0.231. The normalized spacial score (nSPS) is 29.3. The number of aliphatic hydroxyl groups excluding tert-OH is 3. The molecule has 1 saturated heterocycles. The fraction of sp³-hybridized carbons (Fsp3) is 0.545. The lowest BCUT2D eigenvalue weighted by Gasteiger charge is -2.16. The van der Waals surface area contributed by atoms with E-state index in [1.54, 1.807) is 0 Å². The maximum absolute atomic E-state index is 10.1. The van der Waals surface area contributed by atoms with Crippen molar-refractivity contribution in [2.75, 3.05) is 18.6 Å². The van der Waals surface area contributed by atoms with Crippen LogP contribution in [0.1, 0.15) is 6.23 Å². The summed E-state index contributed by atoms with van der Waals surface area (Å²) in [4.78, 5) is 12.5. The zero-order valence-corrected chi connectivity index (χ0v) is 11.9. The van der Waals surface area contributed by atoms with Gasteiger partial charge in [0.15, 0.2) is 22.8 Å². The SMILES string of the molecule is CSc1nc(N)c2ncn([C@@H]3O[C@H](CO)[C@H](O)C3O)c2n1. The van der Waals surface area contributed by atoms with Crippen LogP contribution in [-0.2, 0) is 4.74 Å². The number of fused-ring (bicyclic) bond motifs is 1. The zero-order valence-electron chi connectivity index (χ0n) is 11.1.